The topological polar surface area (TPSA) is 80.0 Å². The first-order valence-corrected chi connectivity index (χ1v) is 7.09. The zero-order valence-corrected chi connectivity index (χ0v) is 12.0. The number of carbonyl (C=O) groups is 1. The van der Waals surface area contributed by atoms with E-state index in [1.54, 1.807) is 0 Å². The van der Waals surface area contributed by atoms with E-state index in [1.807, 2.05) is 37.3 Å². The third-order valence-corrected chi connectivity index (χ3v) is 3.62. The number of nitrogens with one attached hydrogen (secondary N) is 2. The molecule has 6 heteroatoms. The summed E-state index contributed by atoms with van der Waals surface area (Å²) in [7, 11) is 0. The molecule has 1 fully saturated rings. The molecule has 1 aromatic carbocycles. The number of benzene rings is 1. The van der Waals surface area contributed by atoms with Gasteiger partial charge in [-0.2, -0.15) is 4.98 Å². The molecule has 2 amide bonds. The minimum atomic E-state index is -0.305. The predicted octanol–water partition coefficient (Wildman–Crippen LogP) is 2.51. The average Bonchev–Trinajstić information content (AvgIpc) is 2.98. The van der Waals surface area contributed by atoms with E-state index in [-0.39, 0.29) is 12.1 Å². The third-order valence-electron chi connectivity index (χ3n) is 3.62. The number of hydrogen-bond donors (Lipinski definition) is 2. The van der Waals surface area contributed by atoms with Crippen molar-refractivity contribution in [1.82, 2.24) is 20.8 Å². The fraction of sp³-hybridized carbons (Fsp3) is 0.400. The fourth-order valence-electron chi connectivity index (χ4n) is 2.10. The first-order chi connectivity index (χ1) is 10.1. The molecular formula is C15H18N4O2. The largest absolute Gasteiger partial charge is 0.335 e. The van der Waals surface area contributed by atoms with Crippen LogP contribution in [0.1, 0.15) is 32.1 Å². The van der Waals surface area contributed by atoms with Crippen LogP contribution in [-0.2, 0) is 0 Å². The van der Waals surface area contributed by atoms with Gasteiger partial charge >= 0.3 is 6.03 Å². The molecule has 3 rings (SSSR count). The second-order valence-corrected chi connectivity index (χ2v) is 5.48. The lowest BCUT2D eigenvalue weighted by molar-refractivity contribution is 0.236. The minimum Gasteiger partial charge on any atom is -0.335 e. The Bertz CT molecular complexity index is 626. The van der Waals surface area contributed by atoms with E-state index in [1.165, 1.54) is 0 Å². The van der Waals surface area contributed by atoms with Crippen molar-refractivity contribution in [2.45, 2.75) is 32.4 Å². The Morgan fingerprint density at radius 3 is 2.76 bits per heavy atom. The summed E-state index contributed by atoms with van der Waals surface area (Å²) < 4.78 is 5.23. The van der Waals surface area contributed by atoms with Crippen LogP contribution in [0, 0.1) is 5.92 Å². The fourth-order valence-corrected chi connectivity index (χ4v) is 2.10. The van der Waals surface area contributed by atoms with Crippen LogP contribution in [0.25, 0.3) is 11.5 Å². The van der Waals surface area contributed by atoms with Crippen molar-refractivity contribution < 1.29 is 9.32 Å². The van der Waals surface area contributed by atoms with E-state index in [2.05, 4.69) is 27.7 Å². The molecule has 2 N–H and O–H groups in total. The van der Waals surface area contributed by atoms with Gasteiger partial charge < -0.3 is 15.2 Å². The lowest BCUT2D eigenvalue weighted by Gasteiger charge is -2.10. The molecule has 0 bridgehead atoms. The van der Waals surface area contributed by atoms with Crippen molar-refractivity contribution in [3.05, 3.63) is 36.2 Å². The average molecular weight is 286 g/mol. The molecule has 3 atom stereocenters. The predicted molar refractivity (Wildman–Crippen MR) is 77.4 cm³/mol. The van der Waals surface area contributed by atoms with Crippen molar-refractivity contribution in [3.63, 3.8) is 0 Å². The second kappa shape index (κ2) is 5.55. The van der Waals surface area contributed by atoms with Gasteiger partial charge in [-0.05, 0) is 31.4 Å². The monoisotopic (exact) mass is 286 g/mol. The van der Waals surface area contributed by atoms with Crippen LogP contribution < -0.4 is 10.6 Å². The summed E-state index contributed by atoms with van der Waals surface area (Å²) >= 11 is 0. The minimum absolute atomic E-state index is 0.192. The lowest BCUT2D eigenvalue weighted by atomic mass is 10.2. The Balaban J connectivity index is 1.61. The number of aromatic nitrogens is 2. The molecule has 110 valence electrons. The van der Waals surface area contributed by atoms with Crippen molar-refractivity contribution in [2.24, 2.45) is 5.92 Å². The van der Waals surface area contributed by atoms with Gasteiger partial charge in [0.25, 0.3) is 5.89 Å². The first-order valence-electron chi connectivity index (χ1n) is 7.09. The van der Waals surface area contributed by atoms with E-state index in [0.717, 1.165) is 12.0 Å². The van der Waals surface area contributed by atoms with Crippen LogP contribution in [0.3, 0.4) is 0 Å². The molecule has 0 aliphatic heterocycles. The molecule has 6 nitrogen and oxygen atoms in total. The van der Waals surface area contributed by atoms with Gasteiger partial charge in [0.1, 0.15) is 0 Å². The van der Waals surface area contributed by atoms with Crippen LogP contribution in [0.4, 0.5) is 4.79 Å². The Kier molecular flexibility index (Phi) is 3.60. The zero-order chi connectivity index (χ0) is 14.8. The summed E-state index contributed by atoms with van der Waals surface area (Å²) in [5, 5.41) is 9.65. The van der Waals surface area contributed by atoms with Gasteiger partial charge in [0.05, 0.1) is 6.04 Å². The molecule has 1 aromatic heterocycles. The van der Waals surface area contributed by atoms with E-state index in [0.29, 0.717) is 23.7 Å². The van der Waals surface area contributed by atoms with Gasteiger partial charge in [0.15, 0.2) is 5.82 Å². The van der Waals surface area contributed by atoms with Gasteiger partial charge in [0, 0.05) is 11.6 Å². The highest BCUT2D eigenvalue weighted by Crippen LogP contribution is 2.28. The highest BCUT2D eigenvalue weighted by Gasteiger charge is 2.34. The molecule has 21 heavy (non-hydrogen) atoms. The van der Waals surface area contributed by atoms with Crippen LogP contribution in [0.15, 0.2) is 34.9 Å². The van der Waals surface area contributed by atoms with Crippen LogP contribution in [-0.4, -0.2) is 22.2 Å². The third kappa shape index (κ3) is 3.21. The van der Waals surface area contributed by atoms with E-state index in [9.17, 15) is 4.79 Å². The Morgan fingerprint density at radius 1 is 1.38 bits per heavy atom. The van der Waals surface area contributed by atoms with E-state index < -0.39 is 0 Å². The van der Waals surface area contributed by atoms with Crippen molar-refractivity contribution in [2.75, 3.05) is 0 Å². The lowest BCUT2D eigenvalue weighted by Crippen LogP contribution is -2.39. The molecule has 0 unspecified atom stereocenters. The van der Waals surface area contributed by atoms with Gasteiger partial charge in [-0.25, -0.2) is 4.79 Å². The Hall–Kier alpha value is -2.37. The Morgan fingerprint density at radius 2 is 2.10 bits per heavy atom. The van der Waals surface area contributed by atoms with Crippen molar-refractivity contribution >= 4 is 6.03 Å². The smallest absolute Gasteiger partial charge is 0.315 e. The van der Waals surface area contributed by atoms with Crippen molar-refractivity contribution in [3.8, 4) is 11.5 Å². The number of amides is 2. The molecular weight excluding hydrogens is 268 g/mol. The maximum absolute atomic E-state index is 11.8. The summed E-state index contributed by atoms with van der Waals surface area (Å²) in [6.07, 6.45) is 1.04. The molecule has 0 spiro atoms. The quantitative estimate of drug-likeness (QED) is 0.905. The summed E-state index contributed by atoms with van der Waals surface area (Å²) in [6, 6.07) is 9.34. The van der Waals surface area contributed by atoms with Crippen LogP contribution in [0.2, 0.25) is 0 Å². The standard InChI is InChI=1S/C15H18N4O2/c1-9-8-12(9)17-15(20)16-10(2)13-18-14(21-19-13)11-6-4-3-5-7-11/h3-7,9-10,12H,8H2,1-2H3,(H2,16,17,20)/t9-,10-,12-/m0/s1. The number of nitrogens with zero attached hydrogens (tertiary/aromatic N) is 2. The number of carbonyl (C=O) groups excluding carboxylic acids is 1. The van der Waals surface area contributed by atoms with Gasteiger partial charge in [-0.15, -0.1) is 0 Å². The van der Waals surface area contributed by atoms with Gasteiger partial charge in [-0.1, -0.05) is 30.3 Å². The van der Waals surface area contributed by atoms with Gasteiger partial charge in [0.2, 0.25) is 0 Å². The molecule has 1 aliphatic rings. The summed E-state index contributed by atoms with van der Waals surface area (Å²) in [5.74, 6) is 1.49. The van der Waals surface area contributed by atoms with Crippen molar-refractivity contribution in [1.29, 1.82) is 0 Å². The SMILES string of the molecule is C[C@H](NC(=O)N[C@H]1C[C@@H]1C)c1noc(-c2ccccc2)n1. The number of rotatable bonds is 4. The number of urea groups is 1. The maximum atomic E-state index is 11.8. The number of hydrogen-bond acceptors (Lipinski definition) is 4. The summed E-state index contributed by atoms with van der Waals surface area (Å²) in [5.41, 5.74) is 0.861. The highest BCUT2D eigenvalue weighted by molar-refractivity contribution is 5.75. The highest BCUT2D eigenvalue weighted by atomic mass is 16.5. The molecule has 1 heterocycles. The van der Waals surface area contributed by atoms with Crippen LogP contribution >= 0.6 is 0 Å². The van der Waals surface area contributed by atoms with E-state index >= 15 is 0 Å². The molecule has 1 aliphatic carbocycles. The second-order valence-electron chi connectivity index (χ2n) is 5.48. The molecule has 2 aromatic rings. The molecule has 0 radical (unpaired) electrons. The summed E-state index contributed by atoms with van der Waals surface area (Å²) in [4.78, 5) is 16.1. The first kappa shape index (κ1) is 13.6. The van der Waals surface area contributed by atoms with Gasteiger partial charge in [-0.3, -0.25) is 0 Å². The Labute approximate surface area is 122 Å². The molecule has 0 saturated heterocycles. The van der Waals surface area contributed by atoms with Crippen LogP contribution in [0.5, 0.6) is 0 Å². The normalized spacial score (nSPS) is 21.6. The zero-order valence-electron chi connectivity index (χ0n) is 12.0. The molecule has 1 saturated carbocycles. The maximum Gasteiger partial charge on any atom is 0.315 e. The van der Waals surface area contributed by atoms with E-state index in [4.69, 9.17) is 4.52 Å². The summed E-state index contributed by atoms with van der Waals surface area (Å²) in [6.45, 7) is 3.94.